The van der Waals surface area contributed by atoms with Gasteiger partial charge in [0.1, 0.15) is 23.9 Å². The van der Waals surface area contributed by atoms with Crippen molar-refractivity contribution in [1.29, 1.82) is 0 Å². The van der Waals surface area contributed by atoms with Crippen molar-refractivity contribution >= 4 is 11.6 Å². The fourth-order valence-corrected chi connectivity index (χ4v) is 1.91. The maximum absolute atomic E-state index is 13.8. The smallest absolute Gasteiger partial charge is 0.185 e. The third-order valence-electron chi connectivity index (χ3n) is 2.90. The lowest BCUT2D eigenvalue weighted by Gasteiger charge is -2.15. The summed E-state index contributed by atoms with van der Waals surface area (Å²) < 4.78 is 27.4. The first-order valence-corrected chi connectivity index (χ1v) is 6.60. The van der Waals surface area contributed by atoms with Gasteiger partial charge in [-0.3, -0.25) is 0 Å². The zero-order chi connectivity index (χ0) is 15.6. The molecule has 3 nitrogen and oxygen atoms in total. The van der Waals surface area contributed by atoms with Gasteiger partial charge >= 0.3 is 0 Å². The molecule has 0 bridgehead atoms. The number of benzene rings is 1. The van der Waals surface area contributed by atoms with Gasteiger partial charge in [0.2, 0.25) is 0 Å². The highest BCUT2D eigenvalue weighted by atomic mass is 35.5. The van der Waals surface area contributed by atoms with Crippen LogP contribution in [0.2, 0.25) is 5.15 Å². The highest BCUT2D eigenvalue weighted by Crippen LogP contribution is 2.25. The minimum atomic E-state index is -0.671. The number of ether oxygens (including phenoxy) is 1. The Morgan fingerprint density at radius 3 is 2.45 bits per heavy atom. The van der Waals surface area contributed by atoms with E-state index in [4.69, 9.17) is 17.7 Å². The summed E-state index contributed by atoms with van der Waals surface area (Å²) >= 11 is 5.63. The summed E-state index contributed by atoms with van der Waals surface area (Å²) in [4.78, 5) is 7.44. The van der Waals surface area contributed by atoms with Gasteiger partial charge in [-0.05, 0) is 30.5 Å². The highest BCUT2D eigenvalue weighted by Gasteiger charge is 2.17. The second-order valence-electron chi connectivity index (χ2n) is 4.65. The van der Waals surface area contributed by atoms with Gasteiger partial charge in [0.05, 0.1) is 0 Å². The molecule has 2 aromatic rings. The van der Waals surface area contributed by atoms with Gasteiger partial charge in [0.25, 0.3) is 0 Å². The Bertz CT molecular complexity index is 629. The van der Waals surface area contributed by atoms with Crippen LogP contribution in [0.15, 0.2) is 30.6 Å². The molecule has 0 saturated heterocycles. The van der Waals surface area contributed by atoms with E-state index < -0.39 is 17.8 Å². The van der Waals surface area contributed by atoms with Crippen LogP contribution in [0.25, 0.3) is 0 Å². The predicted octanol–water partition coefficient (Wildman–Crippen LogP) is 4.53. The van der Waals surface area contributed by atoms with E-state index in [9.17, 15) is 4.39 Å². The van der Waals surface area contributed by atoms with Crippen LogP contribution in [-0.4, -0.2) is 9.97 Å². The summed E-state index contributed by atoms with van der Waals surface area (Å²) in [6.07, 6.45) is 0.604. The van der Waals surface area contributed by atoms with Crippen molar-refractivity contribution in [1.82, 2.24) is 9.97 Å². The summed E-state index contributed by atoms with van der Waals surface area (Å²) in [7, 11) is 0. The number of hydrogen-bond donors (Lipinski definition) is 0. The minimum absolute atomic E-state index is 0.111. The first-order valence-electron chi connectivity index (χ1n) is 6.72. The van der Waals surface area contributed by atoms with Gasteiger partial charge in [-0.2, -0.15) is 0 Å². The first-order chi connectivity index (χ1) is 9.79. The molecule has 0 N–H and O–H groups in total. The van der Waals surface area contributed by atoms with Gasteiger partial charge in [-0.1, -0.05) is 37.6 Å². The molecule has 0 aliphatic rings. The first kappa shape index (κ1) is 13.3. The van der Waals surface area contributed by atoms with Crippen molar-refractivity contribution in [3.8, 4) is 5.75 Å². The molecule has 0 radical (unpaired) electrons. The van der Waals surface area contributed by atoms with Gasteiger partial charge in [-0.25, -0.2) is 14.4 Å². The molecule has 0 amide bonds. The second-order valence-corrected chi connectivity index (χ2v) is 5.01. The molecule has 0 saturated carbocycles. The van der Waals surface area contributed by atoms with E-state index in [0.717, 1.165) is 5.56 Å². The van der Waals surface area contributed by atoms with Crippen molar-refractivity contribution in [3.63, 3.8) is 0 Å². The SMILES string of the molecule is [2H]C(C)(C)c1ccc(OC(C)c2ncnc(Cl)c2F)cc1. The standard InChI is InChI=1S/C15H16ClFN2O/c1-9(2)11-4-6-12(7-5-11)20-10(3)14-13(17)15(16)19-8-18-14/h4-10H,1-3H3/i9D. The number of nitrogens with zero attached hydrogens (tertiary/aromatic N) is 2. The molecule has 20 heavy (non-hydrogen) atoms. The quantitative estimate of drug-likeness (QED) is 0.777. The molecule has 2 rings (SSSR count). The van der Waals surface area contributed by atoms with E-state index in [1.807, 2.05) is 26.0 Å². The third-order valence-corrected chi connectivity index (χ3v) is 3.17. The molecule has 1 unspecified atom stereocenters. The Hall–Kier alpha value is -1.68. The van der Waals surface area contributed by atoms with Gasteiger partial charge in [0, 0.05) is 1.37 Å². The Kier molecular flexibility index (Phi) is 4.11. The molecule has 0 spiro atoms. The number of hydrogen-bond acceptors (Lipinski definition) is 3. The molecule has 106 valence electrons. The van der Waals surface area contributed by atoms with Gasteiger partial charge in [0.15, 0.2) is 11.0 Å². The second kappa shape index (κ2) is 6.18. The normalized spacial score (nSPS) is 13.8. The van der Waals surface area contributed by atoms with E-state index in [2.05, 4.69) is 9.97 Å². The van der Waals surface area contributed by atoms with Crippen LogP contribution in [0.5, 0.6) is 5.75 Å². The number of rotatable bonds is 4. The lowest BCUT2D eigenvalue weighted by molar-refractivity contribution is 0.215. The fourth-order valence-electron chi connectivity index (χ4n) is 1.77. The molecular weight excluding hydrogens is 279 g/mol. The number of halogens is 2. The van der Waals surface area contributed by atoms with Gasteiger partial charge < -0.3 is 4.74 Å². The molecule has 1 aromatic carbocycles. The van der Waals surface area contributed by atoms with Crippen LogP contribution in [0.4, 0.5) is 4.39 Å². The summed E-state index contributed by atoms with van der Waals surface area (Å²) in [6, 6.07) is 7.14. The fraction of sp³-hybridized carbons (Fsp3) is 0.333. The van der Waals surface area contributed by atoms with Crippen LogP contribution in [0.3, 0.4) is 0 Å². The molecule has 5 heteroatoms. The predicted molar refractivity (Wildman–Crippen MR) is 76.6 cm³/mol. The van der Waals surface area contributed by atoms with Crippen molar-refractivity contribution in [2.45, 2.75) is 32.8 Å². The maximum atomic E-state index is 13.8. The molecule has 1 atom stereocenters. The molecule has 1 heterocycles. The third kappa shape index (κ3) is 3.25. The van der Waals surface area contributed by atoms with Crippen LogP contribution >= 0.6 is 11.6 Å². The lowest BCUT2D eigenvalue weighted by Crippen LogP contribution is -2.09. The average molecular weight is 296 g/mol. The highest BCUT2D eigenvalue weighted by molar-refractivity contribution is 6.29. The summed E-state index contributed by atoms with van der Waals surface area (Å²) in [5.41, 5.74) is 0.985. The minimum Gasteiger partial charge on any atom is -0.484 e. The molecular formula is C15H16ClFN2O. The maximum Gasteiger partial charge on any atom is 0.185 e. The van der Waals surface area contributed by atoms with Crippen molar-refractivity contribution < 1.29 is 10.5 Å². The molecule has 0 fully saturated rings. The van der Waals surface area contributed by atoms with Crippen LogP contribution in [0, 0.1) is 5.82 Å². The molecule has 0 aliphatic heterocycles. The monoisotopic (exact) mass is 295 g/mol. The topological polar surface area (TPSA) is 35.0 Å². The Morgan fingerprint density at radius 2 is 1.85 bits per heavy atom. The van der Waals surface area contributed by atoms with Crippen molar-refractivity contribution in [2.24, 2.45) is 0 Å². The Morgan fingerprint density at radius 1 is 1.20 bits per heavy atom. The van der Waals surface area contributed by atoms with Crippen molar-refractivity contribution in [2.75, 3.05) is 0 Å². The summed E-state index contributed by atoms with van der Waals surface area (Å²) in [6.45, 7) is 5.30. The van der Waals surface area contributed by atoms with E-state index in [1.165, 1.54) is 6.33 Å². The lowest BCUT2D eigenvalue weighted by atomic mass is 10.0. The zero-order valence-electron chi connectivity index (χ0n) is 12.5. The van der Waals surface area contributed by atoms with E-state index >= 15 is 0 Å². The molecule has 0 aliphatic carbocycles. The van der Waals surface area contributed by atoms with E-state index in [0.29, 0.717) is 5.75 Å². The van der Waals surface area contributed by atoms with Crippen LogP contribution in [-0.2, 0) is 0 Å². The zero-order valence-corrected chi connectivity index (χ0v) is 12.3. The molecule has 1 aromatic heterocycles. The van der Waals surface area contributed by atoms with Gasteiger partial charge in [-0.15, -0.1) is 0 Å². The largest absolute Gasteiger partial charge is 0.484 e. The van der Waals surface area contributed by atoms with Crippen LogP contribution < -0.4 is 4.74 Å². The van der Waals surface area contributed by atoms with E-state index in [1.54, 1.807) is 19.1 Å². The number of aromatic nitrogens is 2. The van der Waals surface area contributed by atoms with E-state index in [-0.39, 0.29) is 10.8 Å². The Labute approximate surface area is 124 Å². The summed E-state index contributed by atoms with van der Waals surface area (Å²) in [5.74, 6) is -0.767. The Balaban J connectivity index is 2.16. The average Bonchev–Trinajstić information content (AvgIpc) is 2.41. The summed E-state index contributed by atoms with van der Waals surface area (Å²) in [5, 5.41) is -0.221. The van der Waals surface area contributed by atoms with Crippen molar-refractivity contribution in [3.05, 3.63) is 52.8 Å². The van der Waals surface area contributed by atoms with Crippen LogP contribution in [0.1, 0.15) is 45.4 Å².